The number of hydrogen-bond acceptors (Lipinski definition) is 4. The number of aryl methyl sites for hydroxylation is 1. The van der Waals surface area contributed by atoms with E-state index in [0.29, 0.717) is 32.2 Å². The number of rotatable bonds is 10. The van der Waals surface area contributed by atoms with Gasteiger partial charge in [-0.1, -0.05) is 26.0 Å². The summed E-state index contributed by atoms with van der Waals surface area (Å²) in [6, 6.07) is 6.29. The summed E-state index contributed by atoms with van der Waals surface area (Å²) in [4.78, 5) is 4.77. The van der Waals surface area contributed by atoms with Gasteiger partial charge in [0.25, 0.3) is 0 Å². The number of aliphatic hydroxyl groups is 1. The Morgan fingerprint density at radius 3 is 2.63 bits per heavy atom. The Balaban J connectivity index is 0.00000450. The highest BCUT2D eigenvalue weighted by atomic mass is 127. The van der Waals surface area contributed by atoms with Crippen LogP contribution in [0.1, 0.15) is 51.2 Å². The van der Waals surface area contributed by atoms with Crippen LogP contribution < -0.4 is 15.4 Å². The third-order valence-corrected chi connectivity index (χ3v) is 5.45. The molecule has 0 radical (unpaired) electrons. The van der Waals surface area contributed by atoms with Crippen molar-refractivity contribution in [1.82, 2.24) is 10.6 Å². The van der Waals surface area contributed by atoms with Gasteiger partial charge < -0.3 is 25.2 Å². The monoisotopic (exact) mass is 533 g/mol. The van der Waals surface area contributed by atoms with Crippen LogP contribution in [0.25, 0.3) is 0 Å². The molecule has 0 saturated carbocycles. The number of nitrogens with zero attached hydrogens (tertiary/aromatic N) is 1. The number of benzene rings is 1. The number of halogens is 1. The van der Waals surface area contributed by atoms with Crippen LogP contribution in [-0.2, 0) is 11.3 Å². The highest BCUT2D eigenvalue weighted by molar-refractivity contribution is 14.0. The van der Waals surface area contributed by atoms with E-state index in [9.17, 15) is 5.11 Å². The molecule has 1 heterocycles. The highest BCUT2D eigenvalue weighted by Gasteiger charge is 2.32. The summed E-state index contributed by atoms with van der Waals surface area (Å²) in [6.07, 6.45) is 2.76. The Bertz CT molecular complexity index is 647. The summed E-state index contributed by atoms with van der Waals surface area (Å²) in [5.74, 6) is 2.30. The third-order valence-electron chi connectivity index (χ3n) is 5.45. The van der Waals surface area contributed by atoms with Gasteiger partial charge in [0, 0.05) is 37.3 Å². The van der Waals surface area contributed by atoms with Crippen LogP contribution in [0.5, 0.6) is 5.75 Å². The van der Waals surface area contributed by atoms with Crippen molar-refractivity contribution in [2.75, 3.05) is 39.5 Å². The molecule has 0 bridgehead atoms. The predicted octanol–water partition coefficient (Wildman–Crippen LogP) is 3.88. The van der Waals surface area contributed by atoms with Gasteiger partial charge in [0.15, 0.2) is 5.96 Å². The zero-order valence-electron chi connectivity index (χ0n) is 19.0. The number of guanidine groups is 1. The second-order valence-corrected chi connectivity index (χ2v) is 8.46. The van der Waals surface area contributed by atoms with E-state index in [1.54, 1.807) is 0 Å². The van der Waals surface area contributed by atoms with E-state index in [2.05, 4.69) is 56.5 Å². The molecule has 1 fully saturated rings. The lowest BCUT2D eigenvalue weighted by molar-refractivity contribution is -0.0131. The van der Waals surface area contributed by atoms with Crippen molar-refractivity contribution in [3.8, 4) is 5.75 Å². The number of aliphatic imine (C=N–C) groups is 1. The summed E-state index contributed by atoms with van der Waals surface area (Å²) in [5, 5.41) is 16.6. The molecule has 1 aliphatic heterocycles. The molecule has 0 aliphatic carbocycles. The standard InChI is InChI=1S/C23H39N3O3.HI/c1-5-24-22(26-16-23(17-27)9-12-28-13-10-23)25-15-20-7-6-19(4)14-21(20)29-11-8-18(2)3;/h6-7,14,18,27H,5,8-13,15-17H2,1-4H3,(H2,24,25,26);1H. The van der Waals surface area contributed by atoms with Crippen LogP contribution in [0.15, 0.2) is 23.2 Å². The molecule has 1 aliphatic rings. The first kappa shape index (κ1) is 27.0. The predicted molar refractivity (Wildman–Crippen MR) is 134 cm³/mol. The van der Waals surface area contributed by atoms with Crippen LogP contribution in [-0.4, -0.2) is 50.6 Å². The van der Waals surface area contributed by atoms with Crippen LogP contribution >= 0.6 is 24.0 Å². The summed E-state index contributed by atoms with van der Waals surface area (Å²) in [6.45, 7) is 12.8. The normalized spacial score (nSPS) is 16.1. The van der Waals surface area contributed by atoms with Gasteiger partial charge in [-0.3, -0.25) is 0 Å². The first-order chi connectivity index (χ1) is 14.0. The topological polar surface area (TPSA) is 75.1 Å². The Morgan fingerprint density at radius 2 is 2.00 bits per heavy atom. The average molecular weight is 533 g/mol. The first-order valence-corrected chi connectivity index (χ1v) is 10.9. The average Bonchev–Trinajstić information content (AvgIpc) is 2.71. The maximum Gasteiger partial charge on any atom is 0.191 e. The molecule has 1 aromatic rings. The van der Waals surface area contributed by atoms with E-state index >= 15 is 0 Å². The molecule has 6 nitrogen and oxygen atoms in total. The molecule has 7 heteroatoms. The van der Waals surface area contributed by atoms with Gasteiger partial charge in [0.05, 0.1) is 19.8 Å². The molecule has 0 aromatic heterocycles. The molecule has 1 aromatic carbocycles. The molecule has 172 valence electrons. The summed E-state index contributed by atoms with van der Waals surface area (Å²) < 4.78 is 11.5. The molecule has 0 amide bonds. The van der Waals surface area contributed by atoms with E-state index < -0.39 is 0 Å². The second kappa shape index (κ2) is 14.1. The number of ether oxygens (including phenoxy) is 2. The van der Waals surface area contributed by atoms with E-state index in [-0.39, 0.29) is 36.0 Å². The first-order valence-electron chi connectivity index (χ1n) is 10.9. The van der Waals surface area contributed by atoms with Crippen LogP contribution in [0.3, 0.4) is 0 Å². The van der Waals surface area contributed by atoms with Crippen LogP contribution in [0.2, 0.25) is 0 Å². The van der Waals surface area contributed by atoms with E-state index in [1.165, 1.54) is 5.56 Å². The van der Waals surface area contributed by atoms with E-state index in [1.807, 2.05) is 0 Å². The Kier molecular flexibility index (Phi) is 12.7. The van der Waals surface area contributed by atoms with Gasteiger partial charge in [-0.2, -0.15) is 0 Å². The molecule has 3 N–H and O–H groups in total. The Labute approximate surface area is 199 Å². The molecule has 0 spiro atoms. The van der Waals surface area contributed by atoms with Crippen molar-refractivity contribution in [2.24, 2.45) is 16.3 Å². The zero-order chi connectivity index (χ0) is 21.1. The van der Waals surface area contributed by atoms with Crippen LogP contribution in [0.4, 0.5) is 0 Å². The van der Waals surface area contributed by atoms with Crippen molar-refractivity contribution in [3.63, 3.8) is 0 Å². The fourth-order valence-corrected chi connectivity index (χ4v) is 3.30. The largest absolute Gasteiger partial charge is 0.493 e. The number of nitrogens with one attached hydrogen (secondary N) is 2. The van der Waals surface area contributed by atoms with Crippen molar-refractivity contribution in [1.29, 1.82) is 0 Å². The summed E-state index contributed by atoms with van der Waals surface area (Å²) in [5.41, 5.74) is 2.13. The van der Waals surface area contributed by atoms with Gasteiger partial charge in [-0.15, -0.1) is 24.0 Å². The van der Waals surface area contributed by atoms with Gasteiger partial charge in [0.2, 0.25) is 0 Å². The molecule has 2 rings (SSSR count). The second-order valence-electron chi connectivity index (χ2n) is 8.46. The zero-order valence-corrected chi connectivity index (χ0v) is 21.3. The Hall–Kier alpha value is -1.06. The van der Waals surface area contributed by atoms with Gasteiger partial charge in [-0.25, -0.2) is 4.99 Å². The Morgan fingerprint density at radius 1 is 1.27 bits per heavy atom. The smallest absolute Gasteiger partial charge is 0.191 e. The lowest BCUT2D eigenvalue weighted by atomic mass is 9.81. The summed E-state index contributed by atoms with van der Waals surface area (Å²) in [7, 11) is 0. The molecule has 1 saturated heterocycles. The van der Waals surface area contributed by atoms with Crippen LogP contribution in [0, 0.1) is 18.3 Å². The third kappa shape index (κ3) is 8.98. The molecule has 30 heavy (non-hydrogen) atoms. The van der Waals surface area contributed by atoms with Crippen molar-refractivity contribution < 1.29 is 14.6 Å². The fourth-order valence-electron chi connectivity index (χ4n) is 3.30. The van der Waals surface area contributed by atoms with Crippen molar-refractivity contribution >= 4 is 29.9 Å². The maximum absolute atomic E-state index is 9.90. The quantitative estimate of drug-likeness (QED) is 0.242. The lowest BCUT2D eigenvalue weighted by Gasteiger charge is -2.36. The van der Waals surface area contributed by atoms with E-state index in [4.69, 9.17) is 14.5 Å². The van der Waals surface area contributed by atoms with Gasteiger partial charge in [-0.05, 0) is 50.7 Å². The van der Waals surface area contributed by atoms with Gasteiger partial charge >= 0.3 is 0 Å². The minimum Gasteiger partial charge on any atom is -0.493 e. The minimum atomic E-state index is -0.135. The summed E-state index contributed by atoms with van der Waals surface area (Å²) >= 11 is 0. The number of hydrogen-bond donors (Lipinski definition) is 3. The van der Waals surface area contributed by atoms with E-state index in [0.717, 1.165) is 49.7 Å². The van der Waals surface area contributed by atoms with Gasteiger partial charge in [0.1, 0.15) is 5.75 Å². The lowest BCUT2D eigenvalue weighted by Crippen LogP contribution is -2.47. The molecular weight excluding hydrogens is 493 g/mol. The number of aliphatic hydroxyl groups excluding tert-OH is 1. The van der Waals surface area contributed by atoms with Crippen molar-refractivity contribution in [3.05, 3.63) is 29.3 Å². The maximum atomic E-state index is 9.90. The molecular formula is C23H40IN3O3. The molecule has 0 unspecified atom stereocenters. The minimum absolute atomic E-state index is 0. The SMILES string of the molecule is CCNC(=NCc1ccc(C)cc1OCCC(C)C)NCC1(CO)CCOCC1.I. The van der Waals surface area contributed by atoms with Crippen molar-refractivity contribution in [2.45, 2.75) is 53.5 Å². The molecule has 0 atom stereocenters. The fraction of sp³-hybridized carbons (Fsp3) is 0.696. The highest BCUT2D eigenvalue weighted by Crippen LogP contribution is 2.29.